The molecular formula is C10H9NO6. The van der Waals surface area contributed by atoms with Gasteiger partial charge in [0.25, 0.3) is 5.69 Å². The number of carbonyl (C=O) groups is 2. The van der Waals surface area contributed by atoms with Crippen LogP contribution < -0.4 is 0 Å². The Balaban J connectivity index is 3.67. The van der Waals surface area contributed by atoms with Gasteiger partial charge in [0.05, 0.1) is 17.6 Å². The van der Waals surface area contributed by atoms with E-state index in [1.807, 2.05) is 0 Å². The lowest BCUT2D eigenvalue weighted by atomic mass is 10.00. The summed E-state index contributed by atoms with van der Waals surface area (Å²) in [6, 6.07) is 2.35. The van der Waals surface area contributed by atoms with Crippen LogP contribution in [-0.2, 0) is 4.74 Å². The number of aryl methyl sites for hydroxylation is 1. The molecule has 0 radical (unpaired) electrons. The fraction of sp³-hybridized carbons (Fsp3) is 0.200. The summed E-state index contributed by atoms with van der Waals surface area (Å²) in [6.07, 6.45) is 0. The molecule has 0 aliphatic carbocycles. The molecule has 1 rings (SSSR count). The molecule has 0 amide bonds. The summed E-state index contributed by atoms with van der Waals surface area (Å²) in [5.74, 6) is -2.45. The van der Waals surface area contributed by atoms with Crippen LogP contribution in [0.15, 0.2) is 12.1 Å². The molecule has 0 saturated carbocycles. The van der Waals surface area contributed by atoms with Crippen LogP contribution in [0, 0.1) is 17.0 Å². The number of carboxylic acids is 1. The smallest absolute Gasteiger partial charge is 0.345 e. The number of carboxylic acid groups (broad SMARTS) is 1. The van der Waals surface area contributed by atoms with Crippen molar-refractivity contribution in [3.05, 3.63) is 38.9 Å². The minimum Gasteiger partial charge on any atom is -0.478 e. The second kappa shape index (κ2) is 4.60. The fourth-order valence-electron chi connectivity index (χ4n) is 1.43. The Bertz CT molecular complexity index is 508. The summed E-state index contributed by atoms with van der Waals surface area (Å²) < 4.78 is 4.37. The van der Waals surface area contributed by atoms with E-state index < -0.39 is 33.7 Å². The highest BCUT2D eigenvalue weighted by Gasteiger charge is 2.29. The fourth-order valence-corrected chi connectivity index (χ4v) is 1.43. The zero-order valence-corrected chi connectivity index (χ0v) is 9.09. The zero-order valence-electron chi connectivity index (χ0n) is 9.09. The molecule has 1 N–H and O–H groups in total. The van der Waals surface area contributed by atoms with Gasteiger partial charge in [0.15, 0.2) is 5.56 Å². The average Bonchev–Trinajstić information content (AvgIpc) is 2.26. The van der Waals surface area contributed by atoms with Crippen molar-refractivity contribution in [2.24, 2.45) is 0 Å². The number of nitro groups is 1. The second-order valence-corrected chi connectivity index (χ2v) is 3.21. The van der Waals surface area contributed by atoms with Gasteiger partial charge >= 0.3 is 11.9 Å². The first-order chi connectivity index (χ1) is 7.90. The number of methoxy groups -OCH3 is 1. The Hall–Kier alpha value is -2.44. The van der Waals surface area contributed by atoms with Crippen LogP contribution >= 0.6 is 0 Å². The molecule has 1 aromatic carbocycles. The first-order valence-electron chi connectivity index (χ1n) is 4.49. The lowest BCUT2D eigenvalue weighted by molar-refractivity contribution is -0.385. The molecule has 0 atom stereocenters. The van der Waals surface area contributed by atoms with Crippen molar-refractivity contribution >= 4 is 17.6 Å². The van der Waals surface area contributed by atoms with Gasteiger partial charge < -0.3 is 9.84 Å². The highest BCUT2D eigenvalue weighted by atomic mass is 16.6. The number of nitro benzene ring substituents is 1. The monoisotopic (exact) mass is 239 g/mol. The molecule has 7 heteroatoms. The van der Waals surface area contributed by atoms with Crippen molar-refractivity contribution in [3.63, 3.8) is 0 Å². The van der Waals surface area contributed by atoms with Crippen LogP contribution in [0.25, 0.3) is 0 Å². The third-order valence-electron chi connectivity index (χ3n) is 2.19. The number of nitrogens with zero attached hydrogens (tertiary/aromatic N) is 1. The van der Waals surface area contributed by atoms with Gasteiger partial charge in [-0.05, 0) is 12.5 Å². The SMILES string of the molecule is COC(=O)c1c([N+](=O)[O-])ccc(C)c1C(=O)O. The van der Waals surface area contributed by atoms with Gasteiger partial charge in [-0.3, -0.25) is 10.1 Å². The van der Waals surface area contributed by atoms with E-state index in [1.54, 1.807) is 0 Å². The van der Waals surface area contributed by atoms with Gasteiger partial charge in [-0.1, -0.05) is 6.07 Å². The number of hydrogen-bond donors (Lipinski definition) is 1. The van der Waals surface area contributed by atoms with Crippen molar-refractivity contribution in [2.75, 3.05) is 7.11 Å². The van der Waals surface area contributed by atoms with Crippen molar-refractivity contribution in [1.82, 2.24) is 0 Å². The van der Waals surface area contributed by atoms with Crippen molar-refractivity contribution in [2.45, 2.75) is 6.92 Å². The topological polar surface area (TPSA) is 107 Å². The maximum Gasteiger partial charge on any atom is 0.345 e. The number of hydrogen-bond acceptors (Lipinski definition) is 5. The molecule has 0 spiro atoms. The van der Waals surface area contributed by atoms with Crippen LogP contribution in [-0.4, -0.2) is 29.1 Å². The number of benzene rings is 1. The summed E-state index contributed by atoms with van der Waals surface area (Å²) in [5.41, 5.74) is -1.28. The molecule has 7 nitrogen and oxygen atoms in total. The maximum absolute atomic E-state index is 11.4. The summed E-state index contributed by atoms with van der Waals surface area (Å²) >= 11 is 0. The predicted octanol–water partition coefficient (Wildman–Crippen LogP) is 1.39. The normalized spacial score (nSPS) is 9.76. The standard InChI is InChI=1S/C10H9NO6/c1-5-3-4-6(11(15)16)8(10(14)17-2)7(5)9(12)13/h3-4H,1-2H3,(H,12,13). The van der Waals surface area contributed by atoms with Gasteiger partial charge in [0.2, 0.25) is 0 Å². The zero-order chi connectivity index (χ0) is 13.2. The number of rotatable bonds is 3. The first-order valence-corrected chi connectivity index (χ1v) is 4.49. The van der Waals surface area contributed by atoms with E-state index in [0.717, 1.165) is 13.2 Å². The first kappa shape index (κ1) is 12.6. The Kier molecular flexibility index (Phi) is 3.42. The summed E-state index contributed by atoms with van der Waals surface area (Å²) in [4.78, 5) is 32.3. The lowest BCUT2D eigenvalue weighted by Gasteiger charge is -2.07. The van der Waals surface area contributed by atoms with Crippen molar-refractivity contribution in [1.29, 1.82) is 0 Å². The van der Waals surface area contributed by atoms with E-state index >= 15 is 0 Å². The molecule has 0 unspecified atom stereocenters. The molecule has 0 heterocycles. The third-order valence-corrected chi connectivity index (χ3v) is 2.19. The summed E-state index contributed by atoms with van der Waals surface area (Å²) in [6.45, 7) is 1.44. The van der Waals surface area contributed by atoms with Gasteiger partial charge in [0, 0.05) is 6.07 Å². The number of aromatic carboxylic acids is 1. The molecule has 0 aliphatic rings. The van der Waals surface area contributed by atoms with E-state index in [4.69, 9.17) is 5.11 Å². The van der Waals surface area contributed by atoms with E-state index in [1.165, 1.54) is 13.0 Å². The van der Waals surface area contributed by atoms with Gasteiger partial charge in [-0.15, -0.1) is 0 Å². The van der Waals surface area contributed by atoms with Crippen LogP contribution in [0.4, 0.5) is 5.69 Å². The molecular weight excluding hydrogens is 230 g/mol. The molecule has 0 bridgehead atoms. The summed E-state index contributed by atoms with van der Waals surface area (Å²) in [5, 5.41) is 19.7. The summed E-state index contributed by atoms with van der Waals surface area (Å²) in [7, 11) is 1.03. The Morgan fingerprint density at radius 3 is 2.35 bits per heavy atom. The van der Waals surface area contributed by atoms with Crippen LogP contribution in [0.5, 0.6) is 0 Å². The Labute approximate surface area is 95.8 Å². The average molecular weight is 239 g/mol. The molecule has 0 fully saturated rings. The van der Waals surface area contributed by atoms with E-state index in [-0.39, 0.29) is 5.56 Å². The minimum absolute atomic E-state index is 0.253. The van der Waals surface area contributed by atoms with Gasteiger partial charge in [0.1, 0.15) is 0 Å². The molecule has 0 saturated heterocycles. The third kappa shape index (κ3) is 2.22. The minimum atomic E-state index is -1.41. The van der Waals surface area contributed by atoms with E-state index in [0.29, 0.717) is 0 Å². The number of ether oxygens (including phenoxy) is 1. The molecule has 1 aromatic rings. The van der Waals surface area contributed by atoms with Crippen molar-refractivity contribution < 1.29 is 24.4 Å². The van der Waals surface area contributed by atoms with Crippen molar-refractivity contribution in [3.8, 4) is 0 Å². The highest BCUT2D eigenvalue weighted by Crippen LogP contribution is 2.26. The predicted molar refractivity (Wildman–Crippen MR) is 56.1 cm³/mol. The van der Waals surface area contributed by atoms with Gasteiger partial charge in [-0.2, -0.15) is 0 Å². The number of esters is 1. The van der Waals surface area contributed by atoms with Crippen LogP contribution in [0.1, 0.15) is 26.3 Å². The van der Waals surface area contributed by atoms with Crippen LogP contribution in [0.2, 0.25) is 0 Å². The lowest BCUT2D eigenvalue weighted by Crippen LogP contribution is -2.14. The quantitative estimate of drug-likeness (QED) is 0.485. The molecule has 90 valence electrons. The van der Waals surface area contributed by atoms with Gasteiger partial charge in [-0.25, -0.2) is 9.59 Å². The largest absolute Gasteiger partial charge is 0.478 e. The molecule has 0 aliphatic heterocycles. The molecule has 0 aromatic heterocycles. The second-order valence-electron chi connectivity index (χ2n) is 3.21. The van der Waals surface area contributed by atoms with E-state index in [9.17, 15) is 19.7 Å². The Morgan fingerprint density at radius 2 is 1.94 bits per heavy atom. The number of carbonyl (C=O) groups excluding carboxylic acids is 1. The van der Waals surface area contributed by atoms with E-state index in [2.05, 4.69) is 4.74 Å². The maximum atomic E-state index is 11.4. The molecule has 17 heavy (non-hydrogen) atoms. The highest BCUT2D eigenvalue weighted by molar-refractivity contribution is 6.06. The Morgan fingerprint density at radius 1 is 1.35 bits per heavy atom. The van der Waals surface area contributed by atoms with Crippen LogP contribution in [0.3, 0.4) is 0 Å².